The molecule has 144 valence electrons. The number of nitrogens with zero attached hydrogens (tertiary/aromatic N) is 1. The highest BCUT2D eigenvalue weighted by atomic mass is 15.1. The van der Waals surface area contributed by atoms with Crippen LogP contribution in [0.4, 0.5) is 0 Å². The van der Waals surface area contributed by atoms with Crippen LogP contribution in [0.2, 0.25) is 0 Å². The van der Waals surface area contributed by atoms with Crippen LogP contribution >= 0.6 is 0 Å². The number of benzene rings is 3. The monoisotopic (exact) mass is 369 g/mol. The van der Waals surface area contributed by atoms with Gasteiger partial charge in [0.1, 0.15) is 0 Å². The maximum Gasteiger partial charge on any atom is 0.0373 e. The molecule has 3 atom stereocenters. The molecule has 0 aromatic heterocycles. The lowest BCUT2D eigenvalue weighted by Gasteiger charge is -2.38. The standard InChI is InChI=1S/C27H31N/c1-28(2)27(23-17-10-5-11-18-23)25-20-12-19-24(25)26(21-13-6-3-7-14-21)22-15-8-4-9-16-22/h3-11,13-18,24-27H,12,19-20H2,1-2H3/t24?,25?,27-/m1/s1. The van der Waals surface area contributed by atoms with Crippen LogP contribution in [0.1, 0.15) is 47.9 Å². The van der Waals surface area contributed by atoms with Gasteiger partial charge in [-0.1, -0.05) is 97.4 Å². The Kier molecular flexibility index (Phi) is 5.92. The van der Waals surface area contributed by atoms with Crippen molar-refractivity contribution in [1.29, 1.82) is 0 Å². The van der Waals surface area contributed by atoms with Gasteiger partial charge in [0.15, 0.2) is 0 Å². The maximum absolute atomic E-state index is 2.44. The summed E-state index contributed by atoms with van der Waals surface area (Å²) in [6, 6.07) is 33.9. The second-order valence-electron chi connectivity index (χ2n) is 8.38. The molecule has 1 saturated carbocycles. The maximum atomic E-state index is 2.44. The Balaban J connectivity index is 1.75. The zero-order valence-electron chi connectivity index (χ0n) is 17.0. The average Bonchev–Trinajstić information content (AvgIpc) is 3.19. The zero-order chi connectivity index (χ0) is 19.3. The Morgan fingerprint density at radius 2 is 1.04 bits per heavy atom. The molecule has 28 heavy (non-hydrogen) atoms. The molecule has 1 heteroatoms. The van der Waals surface area contributed by atoms with E-state index in [2.05, 4.69) is 110 Å². The molecule has 0 saturated heterocycles. The third-order valence-corrected chi connectivity index (χ3v) is 6.47. The SMILES string of the molecule is CN(C)[C@H](c1ccccc1)C1CCCC1C(c1ccccc1)c1ccccc1. The smallest absolute Gasteiger partial charge is 0.0373 e. The van der Waals surface area contributed by atoms with Crippen molar-refractivity contribution in [2.75, 3.05) is 14.1 Å². The molecule has 1 nitrogen and oxygen atoms in total. The van der Waals surface area contributed by atoms with E-state index in [1.54, 1.807) is 0 Å². The highest BCUT2D eigenvalue weighted by molar-refractivity contribution is 5.34. The molecule has 0 aliphatic heterocycles. The lowest BCUT2D eigenvalue weighted by atomic mass is 9.72. The normalized spacial score (nSPS) is 20.6. The van der Waals surface area contributed by atoms with Gasteiger partial charge >= 0.3 is 0 Å². The molecule has 3 aromatic carbocycles. The molecule has 0 radical (unpaired) electrons. The first-order valence-electron chi connectivity index (χ1n) is 10.6. The minimum absolute atomic E-state index is 0.459. The van der Waals surface area contributed by atoms with Crippen molar-refractivity contribution in [2.24, 2.45) is 11.8 Å². The molecule has 1 aliphatic rings. The van der Waals surface area contributed by atoms with Crippen LogP contribution in [0.25, 0.3) is 0 Å². The second-order valence-corrected chi connectivity index (χ2v) is 8.38. The molecule has 0 spiro atoms. The Morgan fingerprint density at radius 3 is 1.50 bits per heavy atom. The van der Waals surface area contributed by atoms with Crippen LogP contribution in [-0.4, -0.2) is 19.0 Å². The first kappa shape index (κ1) is 19.0. The van der Waals surface area contributed by atoms with Crippen molar-refractivity contribution >= 4 is 0 Å². The molecular formula is C27H31N. The molecule has 0 amide bonds. The summed E-state index contributed by atoms with van der Waals surface area (Å²) < 4.78 is 0. The summed E-state index contributed by atoms with van der Waals surface area (Å²) in [5, 5.41) is 0. The van der Waals surface area contributed by atoms with E-state index in [4.69, 9.17) is 0 Å². The summed E-state index contributed by atoms with van der Waals surface area (Å²) in [5.41, 5.74) is 4.36. The van der Waals surface area contributed by atoms with Gasteiger partial charge in [-0.2, -0.15) is 0 Å². The predicted octanol–water partition coefficient (Wildman–Crippen LogP) is 6.54. The van der Waals surface area contributed by atoms with E-state index in [0.29, 0.717) is 23.8 Å². The summed E-state index contributed by atoms with van der Waals surface area (Å²) in [5.74, 6) is 1.77. The molecule has 0 bridgehead atoms. The van der Waals surface area contributed by atoms with Gasteiger partial charge in [-0.15, -0.1) is 0 Å². The van der Waals surface area contributed by atoms with Gasteiger partial charge in [-0.25, -0.2) is 0 Å². The fraction of sp³-hybridized carbons (Fsp3) is 0.333. The molecule has 0 heterocycles. The number of hydrogen-bond donors (Lipinski definition) is 0. The molecule has 0 N–H and O–H groups in total. The molecule has 1 aliphatic carbocycles. The third kappa shape index (κ3) is 3.91. The van der Waals surface area contributed by atoms with Crippen molar-refractivity contribution in [3.05, 3.63) is 108 Å². The van der Waals surface area contributed by atoms with Gasteiger partial charge < -0.3 is 4.90 Å². The lowest BCUT2D eigenvalue weighted by Crippen LogP contribution is -2.32. The van der Waals surface area contributed by atoms with Gasteiger partial charge in [0.25, 0.3) is 0 Å². The van der Waals surface area contributed by atoms with Crippen molar-refractivity contribution in [3.63, 3.8) is 0 Å². The highest BCUT2D eigenvalue weighted by Gasteiger charge is 2.40. The Morgan fingerprint density at radius 1 is 0.607 bits per heavy atom. The summed E-state index contributed by atoms with van der Waals surface area (Å²) >= 11 is 0. The van der Waals surface area contributed by atoms with E-state index in [1.165, 1.54) is 36.0 Å². The quantitative estimate of drug-likeness (QED) is 0.477. The van der Waals surface area contributed by atoms with Gasteiger partial charge in [0, 0.05) is 12.0 Å². The lowest BCUT2D eigenvalue weighted by molar-refractivity contribution is 0.166. The Labute approximate surface area is 170 Å². The van der Waals surface area contributed by atoms with Crippen LogP contribution < -0.4 is 0 Å². The molecule has 1 fully saturated rings. The van der Waals surface area contributed by atoms with Gasteiger partial charge in [0.05, 0.1) is 0 Å². The van der Waals surface area contributed by atoms with Crippen LogP contribution in [0.3, 0.4) is 0 Å². The minimum atomic E-state index is 0.459. The molecular weight excluding hydrogens is 338 g/mol. The Bertz CT molecular complexity index is 802. The fourth-order valence-corrected chi connectivity index (χ4v) is 5.41. The van der Waals surface area contributed by atoms with E-state index in [-0.39, 0.29) is 0 Å². The first-order chi connectivity index (χ1) is 13.8. The fourth-order valence-electron chi connectivity index (χ4n) is 5.41. The van der Waals surface area contributed by atoms with Crippen molar-refractivity contribution in [3.8, 4) is 0 Å². The second kappa shape index (κ2) is 8.75. The highest BCUT2D eigenvalue weighted by Crippen LogP contribution is 2.50. The molecule has 4 rings (SSSR count). The van der Waals surface area contributed by atoms with E-state index in [0.717, 1.165) is 0 Å². The van der Waals surface area contributed by atoms with E-state index < -0.39 is 0 Å². The molecule has 2 unspecified atom stereocenters. The van der Waals surface area contributed by atoms with E-state index in [1.807, 2.05) is 0 Å². The summed E-state index contributed by atoms with van der Waals surface area (Å²) in [4.78, 5) is 2.44. The van der Waals surface area contributed by atoms with Crippen LogP contribution in [0, 0.1) is 11.8 Å². The van der Waals surface area contributed by atoms with Crippen LogP contribution in [0.5, 0.6) is 0 Å². The summed E-state index contributed by atoms with van der Waals surface area (Å²) in [6.45, 7) is 0. The van der Waals surface area contributed by atoms with Gasteiger partial charge in [-0.3, -0.25) is 0 Å². The van der Waals surface area contributed by atoms with Crippen molar-refractivity contribution in [2.45, 2.75) is 31.2 Å². The minimum Gasteiger partial charge on any atom is -0.302 e. The molecule has 3 aromatic rings. The number of rotatable bonds is 6. The topological polar surface area (TPSA) is 3.24 Å². The van der Waals surface area contributed by atoms with Gasteiger partial charge in [0.2, 0.25) is 0 Å². The van der Waals surface area contributed by atoms with E-state index in [9.17, 15) is 0 Å². The third-order valence-electron chi connectivity index (χ3n) is 6.47. The van der Waals surface area contributed by atoms with Crippen LogP contribution in [-0.2, 0) is 0 Å². The number of hydrogen-bond acceptors (Lipinski definition) is 1. The van der Waals surface area contributed by atoms with E-state index >= 15 is 0 Å². The first-order valence-corrected chi connectivity index (χ1v) is 10.6. The van der Waals surface area contributed by atoms with Gasteiger partial charge in [-0.05, 0) is 55.5 Å². The zero-order valence-corrected chi connectivity index (χ0v) is 17.0. The average molecular weight is 370 g/mol. The summed E-state index contributed by atoms with van der Waals surface area (Å²) in [7, 11) is 4.49. The van der Waals surface area contributed by atoms with Crippen LogP contribution in [0.15, 0.2) is 91.0 Å². The van der Waals surface area contributed by atoms with Crippen molar-refractivity contribution < 1.29 is 0 Å². The largest absolute Gasteiger partial charge is 0.302 e. The Hall–Kier alpha value is -2.38. The summed E-state index contributed by atoms with van der Waals surface area (Å²) in [6.07, 6.45) is 3.93. The van der Waals surface area contributed by atoms with Crippen molar-refractivity contribution in [1.82, 2.24) is 4.90 Å². The predicted molar refractivity (Wildman–Crippen MR) is 118 cm³/mol.